The summed E-state index contributed by atoms with van der Waals surface area (Å²) >= 11 is 0. The summed E-state index contributed by atoms with van der Waals surface area (Å²) in [5.74, 6) is -14.2. The largest absolute Gasteiger partial charge is 1.00 e. The van der Waals surface area contributed by atoms with E-state index in [4.69, 9.17) is 75.8 Å². The van der Waals surface area contributed by atoms with E-state index in [0.717, 1.165) is 34.8 Å². The molecule has 8 rings (SSSR count). The van der Waals surface area contributed by atoms with Crippen molar-refractivity contribution in [2.75, 3.05) is 33.5 Å². The molecule has 121 heavy (non-hydrogen) atoms. The predicted octanol–water partition coefficient (Wildman–Crippen LogP) is -30.6. The first kappa shape index (κ1) is 111. The van der Waals surface area contributed by atoms with E-state index >= 15 is 0 Å². The number of hydrogen-bond donors (Lipinski definition) is 20. The second-order valence-electron chi connectivity index (χ2n) is 26.7. The van der Waals surface area contributed by atoms with Crippen LogP contribution in [0.3, 0.4) is 0 Å². The standard InChI is InChI=1S/C57H86N4O53S3.4Na/c1-11(64)58-21-25(69)36(17(7-62)100-50(21)96-5)104-54-32(76)29(73)41(44(111-54)48(83)84)109-52-23(60-13(3)66)27(71)38(19(102-52)9-97-115(87,88)89)106-56-34(78)31(75)40(43(113-56)47(81)82)108-51-22(59-12(2)65)26(70)37(18(8-63)101-51)105-55-33(77)30(74)42(45(112-55)49(85)86)110-53-24(61-14(4)67)28(72)39(20(103-53)10-98-116(90,91)92)107-57-35(114-117(93,94)95)15(68)6-16(99-57)46(79)80;;;;/h6,15,17-45,50-57,62-63,68-78H,7-10H2,1-5H3,(H,58,64)(H,59,65)(H,60,66)(H,61,67)(H,79,80)(H,81,82)(H,83,84)(H,85,86)(H,87,88,89)(H,90,91,92)(H,93,94,95);;;;/q;4*+1/p-4/t15-,17+,18+,19+,20+,21+,22+,23+,24+,25+,26+,27+,28+,29+,30+,31+,32+,33+,34+,35?,36?,37?,38?,39?,40-,41-,42-,43?,44?,45?,50-,51+,52+,53+,54+,55+,56+,57-;;;;/m0..../s1. The fourth-order valence-corrected chi connectivity index (χ4v) is 14.5. The predicted molar refractivity (Wildman–Crippen MR) is 339 cm³/mol. The number of nitrogens with one attached hydrogen (secondary N) is 4. The van der Waals surface area contributed by atoms with E-state index in [0.29, 0.717) is 0 Å². The molecule has 4 amide bonds. The van der Waals surface area contributed by atoms with Gasteiger partial charge in [0, 0.05) is 34.8 Å². The molecule has 0 radical (unpaired) electrons. The van der Waals surface area contributed by atoms with Crippen LogP contribution in [0.4, 0.5) is 0 Å². The molecule has 7 fully saturated rings. The molecule has 0 aromatic carbocycles. The van der Waals surface area contributed by atoms with Crippen LogP contribution in [0.1, 0.15) is 27.7 Å². The SMILES string of the molecule is CO[C@H]1O[C@H](CO)C(O[C@@H]2OC(C(=O)O)[C@@H](O[C@H]3O[C@H](COS(=O)(=O)[O-])C(O[C@@H]4OC(C(=O)O)[C@@H](O[C@H]5O[C@H](CO)C(O[C@@H]6OC(C(=O)O)[C@@H](O[C@H]7O[C@H](COS(=O)(=O)[O-])C(O[C@@H]8OC(C(=O)[O-])=C[C@H](O)C8OS(=O)(=O)[O-])[C@H](O)[C@H]7NC(C)=O)[C@H](O)[C@H]6O)[C@H](O)[C@H]5NC(C)=O)[C@H](O)[C@H]4O)[C@H](O)[C@H]3NC(C)=O)[C@H](O)[C@H]2O)[C@H](O)[C@H]1NC(C)=O.[Na+].[Na+].[Na+].[Na+]. The molecule has 64 heteroatoms. The molecule has 8 aliphatic heterocycles. The van der Waals surface area contributed by atoms with Crippen molar-refractivity contribution in [1.82, 2.24) is 21.3 Å². The second-order valence-corrected chi connectivity index (χ2v) is 29.8. The van der Waals surface area contributed by atoms with E-state index in [1.807, 2.05) is 5.32 Å². The van der Waals surface area contributed by atoms with Crippen LogP contribution in [0, 0.1) is 0 Å². The van der Waals surface area contributed by atoms with Gasteiger partial charge in [0.25, 0.3) is 0 Å². The summed E-state index contributed by atoms with van der Waals surface area (Å²) in [7, 11) is -16.5. The molecule has 0 saturated carbocycles. The van der Waals surface area contributed by atoms with Crippen molar-refractivity contribution in [2.24, 2.45) is 0 Å². The van der Waals surface area contributed by atoms with Gasteiger partial charge in [-0.25, -0.2) is 39.6 Å². The molecule has 670 valence electrons. The molecule has 0 aliphatic carbocycles. The fourth-order valence-electron chi connectivity index (χ4n) is 13.4. The summed E-state index contributed by atoms with van der Waals surface area (Å²) in [6, 6.07) is -8.21. The van der Waals surface area contributed by atoms with Crippen molar-refractivity contribution >= 4 is 78.7 Å². The number of amides is 4. The number of aliphatic carboxylic acids is 4. The molecule has 0 aromatic rings. The van der Waals surface area contributed by atoms with Gasteiger partial charge < -0.3 is 202 Å². The van der Waals surface area contributed by atoms with Gasteiger partial charge >= 0.3 is 136 Å². The molecule has 0 bridgehead atoms. The molecule has 8 aliphatic rings. The van der Waals surface area contributed by atoms with Crippen molar-refractivity contribution in [3.8, 4) is 0 Å². The summed E-state index contributed by atoms with van der Waals surface area (Å²) in [5, 5.41) is 200. The maximum absolute atomic E-state index is 13.2. The number of aliphatic hydroxyl groups excluding tert-OH is 13. The third-order valence-corrected chi connectivity index (χ3v) is 19.8. The smallest absolute Gasteiger partial charge is 0.726 e. The van der Waals surface area contributed by atoms with Gasteiger partial charge in [-0.05, 0) is 6.08 Å². The van der Waals surface area contributed by atoms with E-state index in [1.165, 1.54) is 0 Å². The minimum absolute atomic E-state index is 0. The Morgan fingerprint density at radius 3 is 0.893 bits per heavy atom. The quantitative estimate of drug-likeness (QED) is 0.0165. The summed E-state index contributed by atoms with van der Waals surface area (Å²) in [4.78, 5) is 101. The van der Waals surface area contributed by atoms with Crippen molar-refractivity contribution in [1.29, 1.82) is 0 Å². The van der Waals surface area contributed by atoms with Gasteiger partial charge in [0.15, 0.2) is 68.4 Å². The molecule has 57 nitrogen and oxygen atoms in total. The number of carbonyl (C=O) groups is 8. The molecule has 8 unspecified atom stereocenters. The van der Waals surface area contributed by atoms with E-state index in [9.17, 15) is 164 Å². The Kier molecular flexibility index (Phi) is 43.2. The van der Waals surface area contributed by atoms with Gasteiger partial charge in [-0.3, -0.25) is 31.7 Å². The summed E-state index contributed by atoms with van der Waals surface area (Å²) in [6.07, 6.45) is -83.0. The van der Waals surface area contributed by atoms with Gasteiger partial charge in [-0.2, -0.15) is 0 Å². The van der Waals surface area contributed by atoms with Gasteiger partial charge in [-0.15, -0.1) is 0 Å². The molecule has 8 heterocycles. The molecule has 0 aromatic heterocycles. The number of rotatable bonds is 33. The Hall–Kier alpha value is -2.21. The van der Waals surface area contributed by atoms with E-state index < -0.39 is 344 Å². The number of hydrogen-bond acceptors (Lipinski definition) is 50. The number of aliphatic hydroxyl groups is 13. The van der Waals surface area contributed by atoms with Crippen LogP contribution in [-0.2, 0) is 158 Å². The maximum atomic E-state index is 13.2. The average Bonchev–Trinajstić information content (AvgIpc) is 0.760. The van der Waals surface area contributed by atoms with Crippen LogP contribution in [0.15, 0.2) is 11.8 Å². The Labute approximate surface area is 770 Å². The van der Waals surface area contributed by atoms with Crippen LogP contribution < -0.4 is 145 Å². The monoisotopic (exact) mass is 1860 g/mol. The Balaban J connectivity index is 0.00000769. The van der Waals surface area contributed by atoms with Gasteiger partial charge in [-0.1, -0.05) is 0 Å². The summed E-state index contributed by atoms with van der Waals surface area (Å²) in [5.41, 5.74) is 0. The first-order chi connectivity index (χ1) is 54.4. The van der Waals surface area contributed by atoms with Crippen LogP contribution in [-0.4, -0.2) is 435 Å². The molecule has 38 atom stereocenters. The zero-order valence-electron chi connectivity index (χ0n) is 64.3. The first-order valence-corrected chi connectivity index (χ1v) is 38.0. The van der Waals surface area contributed by atoms with Gasteiger partial charge in [0.2, 0.25) is 61.1 Å². The normalized spacial score (nSPS) is 40.8. The zero-order chi connectivity index (χ0) is 87.4. The third-order valence-electron chi connectivity index (χ3n) is 18.5. The molecule has 0 spiro atoms. The number of carboxylic acid groups (broad SMARTS) is 4. The Bertz CT molecular complexity index is 3900. The fraction of sp³-hybridized carbons (Fsp3) is 0.825. The zero-order valence-corrected chi connectivity index (χ0v) is 74.8. The van der Waals surface area contributed by atoms with E-state index in [1.54, 1.807) is 0 Å². The van der Waals surface area contributed by atoms with E-state index in [-0.39, 0.29) is 124 Å². The molecular formula is C57H82N4Na4O53S3. The average molecular weight is 1860 g/mol. The Morgan fingerprint density at radius 2 is 0.636 bits per heavy atom. The number of methoxy groups -OCH3 is 1. The molecule has 7 saturated heterocycles. The van der Waals surface area contributed by atoms with Crippen molar-refractivity contribution in [2.45, 2.75) is 261 Å². The van der Waals surface area contributed by atoms with Crippen LogP contribution >= 0.6 is 0 Å². The van der Waals surface area contributed by atoms with Crippen LogP contribution in [0.2, 0.25) is 0 Å². The second kappa shape index (κ2) is 47.1. The number of carbonyl (C=O) groups excluding carboxylic acids is 5. The van der Waals surface area contributed by atoms with Crippen molar-refractivity contribution < 1.29 is 371 Å². The summed E-state index contributed by atoms with van der Waals surface area (Å²) < 4.78 is 208. The third kappa shape index (κ3) is 28.2. The number of ether oxygens (including phenoxy) is 16. The number of carboxylic acids is 4. The minimum Gasteiger partial charge on any atom is -0.726 e. The molecule has 20 N–H and O–H groups in total. The van der Waals surface area contributed by atoms with Crippen LogP contribution in [0.25, 0.3) is 0 Å². The Morgan fingerprint density at radius 1 is 0.372 bits per heavy atom. The maximum Gasteiger partial charge on any atom is 1.00 e. The molecular weight excluding hydrogens is 1780 g/mol. The van der Waals surface area contributed by atoms with Gasteiger partial charge in [0.05, 0.1) is 26.4 Å². The van der Waals surface area contributed by atoms with Gasteiger partial charge in [0.1, 0.15) is 170 Å². The van der Waals surface area contributed by atoms with Crippen molar-refractivity contribution in [3.05, 3.63) is 11.8 Å². The topological polar surface area (TPSA) is 878 Å². The minimum atomic E-state index is -5.91. The summed E-state index contributed by atoms with van der Waals surface area (Å²) in [6.45, 7) is -2.30. The van der Waals surface area contributed by atoms with Crippen LogP contribution in [0.5, 0.6) is 0 Å². The first-order valence-electron chi connectivity index (χ1n) is 34.0. The van der Waals surface area contributed by atoms with E-state index in [2.05, 4.69) is 28.5 Å². The van der Waals surface area contributed by atoms with Crippen molar-refractivity contribution in [3.63, 3.8) is 0 Å².